The average molecular weight is 291 g/mol. The Morgan fingerprint density at radius 3 is 2.90 bits per heavy atom. The normalized spacial score (nSPS) is 16.1. The molecule has 0 atom stereocenters. The number of methoxy groups -OCH3 is 1. The van der Waals surface area contributed by atoms with Crippen LogP contribution in [0.2, 0.25) is 0 Å². The minimum atomic E-state index is -0.367. The molecule has 3 rings (SSSR count). The molecular formula is C14H18FN5O. The molecule has 21 heavy (non-hydrogen) atoms. The fourth-order valence-corrected chi connectivity index (χ4v) is 2.54. The maximum Gasteiger partial charge on any atom is 0.184 e. The number of hydrogen-bond donors (Lipinski definition) is 1. The molecule has 0 aliphatic heterocycles. The Bertz CT molecular complexity index is 638. The van der Waals surface area contributed by atoms with Crippen LogP contribution >= 0.6 is 0 Å². The predicted octanol–water partition coefficient (Wildman–Crippen LogP) is 1.88. The molecule has 0 radical (unpaired) electrons. The second kappa shape index (κ2) is 5.40. The van der Waals surface area contributed by atoms with E-state index in [1.165, 1.54) is 12.1 Å². The third-order valence-electron chi connectivity index (χ3n) is 4.07. The van der Waals surface area contributed by atoms with Gasteiger partial charge in [0, 0.05) is 25.0 Å². The third kappa shape index (κ3) is 2.87. The largest absolute Gasteiger partial charge is 0.398 e. The van der Waals surface area contributed by atoms with Crippen LogP contribution in [0.5, 0.6) is 0 Å². The lowest BCUT2D eigenvalue weighted by Gasteiger charge is -2.15. The first-order valence-corrected chi connectivity index (χ1v) is 6.94. The maximum atomic E-state index is 13.2. The van der Waals surface area contributed by atoms with Crippen molar-refractivity contribution in [3.8, 4) is 11.4 Å². The summed E-state index contributed by atoms with van der Waals surface area (Å²) in [6.07, 6.45) is 3.28. The van der Waals surface area contributed by atoms with Crippen LogP contribution in [-0.4, -0.2) is 33.9 Å². The van der Waals surface area contributed by atoms with E-state index >= 15 is 0 Å². The van der Waals surface area contributed by atoms with Gasteiger partial charge in [0.25, 0.3) is 0 Å². The molecule has 0 amide bonds. The summed E-state index contributed by atoms with van der Waals surface area (Å²) in [5.41, 5.74) is 7.09. The molecule has 2 N–H and O–H groups in total. The summed E-state index contributed by atoms with van der Waals surface area (Å²) in [4.78, 5) is 0. The van der Waals surface area contributed by atoms with Gasteiger partial charge in [0.15, 0.2) is 5.82 Å². The minimum Gasteiger partial charge on any atom is -0.398 e. The van der Waals surface area contributed by atoms with Crippen LogP contribution in [-0.2, 0) is 11.3 Å². The molecule has 0 bridgehead atoms. The van der Waals surface area contributed by atoms with Gasteiger partial charge in [-0.15, -0.1) is 5.10 Å². The lowest BCUT2D eigenvalue weighted by molar-refractivity contribution is 0.165. The standard InChI is InChI=1S/C14H18FN5O/c1-21-7-6-14(4-5-14)9-20-13(17-18-19-20)11-3-2-10(15)8-12(11)16/h2-3,8H,4-7,9,16H2,1H3. The summed E-state index contributed by atoms with van der Waals surface area (Å²) in [7, 11) is 1.71. The van der Waals surface area contributed by atoms with Gasteiger partial charge in [0.1, 0.15) is 5.82 Å². The van der Waals surface area contributed by atoms with Crippen LogP contribution < -0.4 is 5.73 Å². The highest BCUT2D eigenvalue weighted by Gasteiger charge is 2.43. The lowest BCUT2D eigenvalue weighted by Crippen LogP contribution is -2.16. The molecule has 1 aromatic heterocycles. The highest BCUT2D eigenvalue weighted by atomic mass is 19.1. The van der Waals surface area contributed by atoms with Gasteiger partial charge in [-0.3, -0.25) is 0 Å². The Morgan fingerprint density at radius 1 is 1.43 bits per heavy atom. The van der Waals surface area contributed by atoms with Crippen molar-refractivity contribution in [1.29, 1.82) is 0 Å². The van der Waals surface area contributed by atoms with E-state index in [4.69, 9.17) is 10.5 Å². The zero-order chi connectivity index (χ0) is 14.9. The van der Waals surface area contributed by atoms with Crippen molar-refractivity contribution in [3.05, 3.63) is 24.0 Å². The van der Waals surface area contributed by atoms with E-state index in [2.05, 4.69) is 15.5 Å². The Morgan fingerprint density at radius 2 is 2.24 bits per heavy atom. The van der Waals surface area contributed by atoms with Gasteiger partial charge >= 0.3 is 0 Å². The molecule has 1 aliphatic rings. The Hall–Kier alpha value is -2.02. The molecule has 1 aromatic carbocycles. The zero-order valence-electron chi connectivity index (χ0n) is 11.9. The number of benzene rings is 1. The fourth-order valence-electron chi connectivity index (χ4n) is 2.54. The topological polar surface area (TPSA) is 78.8 Å². The molecule has 0 saturated heterocycles. The summed E-state index contributed by atoms with van der Waals surface area (Å²) in [6.45, 7) is 1.46. The highest BCUT2D eigenvalue weighted by Crippen LogP contribution is 2.50. The van der Waals surface area contributed by atoms with Crippen molar-refractivity contribution in [1.82, 2.24) is 20.2 Å². The van der Waals surface area contributed by atoms with Crippen molar-refractivity contribution in [2.75, 3.05) is 19.5 Å². The van der Waals surface area contributed by atoms with Crippen molar-refractivity contribution < 1.29 is 9.13 Å². The van der Waals surface area contributed by atoms with Crippen molar-refractivity contribution in [2.24, 2.45) is 5.41 Å². The molecule has 1 fully saturated rings. The third-order valence-corrected chi connectivity index (χ3v) is 4.07. The number of hydrogen-bond acceptors (Lipinski definition) is 5. The minimum absolute atomic E-state index is 0.217. The molecule has 7 heteroatoms. The molecule has 6 nitrogen and oxygen atoms in total. The van der Waals surface area contributed by atoms with Crippen LogP contribution in [0, 0.1) is 11.2 Å². The van der Waals surface area contributed by atoms with E-state index in [9.17, 15) is 4.39 Å². The molecule has 1 saturated carbocycles. The van der Waals surface area contributed by atoms with Gasteiger partial charge in [0.2, 0.25) is 0 Å². The van der Waals surface area contributed by atoms with Gasteiger partial charge in [-0.25, -0.2) is 9.07 Å². The summed E-state index contributed by atoms with van der Waals surface area (Å²) in [5, 5.41) is 11.8. The van der Waals surface area contributed by atoms with E-state index in [1.807, 2.05) is 0 Å². The highest BCUT2D eigenvalue weighted by molar-refractivity contribution is 5.71. The summed E-state index contributed by atoms with van der Waals surface area (Å²) in [6, 6.07) is 4.26. The van der Waals surface area contributed by atoms with Gasteiger partial charge in [-0.1, -0.05) is 0 Å². The van der Waals surface area contributed by atoms with E-state index in [0.717, 1.165) is 32.4 Å². The average Bonchev–Trinajstić information content (AvgIpc) is 3.07. The molecule has 0 spiro atoms. The number of ether oxygens (including phenoxy) is 1. The number of anilines is 1. The van der Waals surface area contributed by atoms with Crippen LogP contribution in [0.1, 0.15) is 19.3 Å². The molecule has 2 aromatic rings. The van der Waals surface area contributed by atoms with Crippen LogP contribution in [0.4, 0.5) is 10.1 Å². The number of aromatic nitrogens is 4. The zero-order valence-corrected chi connectivity index (χ0v) is 11.9. The first kappa shape index (κ1) is 13.9. The maximum absolute atomic E-state index is 13.2. The summed E-state index contributed by atoms with van der Waals surface area (Å²) in [5.74, 6) is 0.213. The van der Waals surface area contributed by atoms with Gasteiger partial charge in [-0.05, 0) is 53.3 Å². The number of rotatable bonds is 6. The summed E-state index contributed by atoms with van der Waals surface area (Å²) < 4.78 is 20.1. The Kier molecular flexibility index (Phi) is 3.59. The number of halogens is 1. The van der Waals surface area contributed by atoms with E-state index < -0.39 is 0 Å². The second-order valence-corrected chi connectivity index (χ2v) is 5.63. The molecular weight excluding hydrogens is 273 g/mol. The number of tetrazole rings is 1. The van der Waals surface area contributed by atoms with E-state index in [1.54, 1.807) is 17.9 Å². The monoisotopic (exact) mass is 291 g/mol. The molecule has 0 unspecified atom stereocenters. The van der Waals surface area contributed by atoms with E-state index in [0.29, 0.717) is 17.1 Å². The van der Waals surface area contributed by atoms with Crippen LogP contribution in [0.15, 0.2) is 18.2 Å². The van der Waals surface area contributed by atoms with Crippen molar-refractivity contribution >= 4 is 5.69 Å². The first-order chi connectivity index (χ1) is 10.1. The number of nitrogens with zero attached hydrogens (tertiary/aromatic N) is 4. The van der Waals surface area contributed by atoms with E-state index in [-0.39, 0.29) is 11.2 Å². The van der Waals surface area contributed by atoms with Crippen molar-refractivity contribution in [3.63, 3.8) is 0 Å². The summed E-state index contributed by atoms with van der Waals surface area (Å²) >= 11 is 0. The second-order valence-electron chi connectivity index (χ2n) is 5.63. The molecule has 112 valence electrons. The van der Waals surface area contributed by atoms with Crippen molar-refractivity contribution in [2.45, 2.75) is 25.8 Å². The quantitative estimate of drug-likeness (QED) is 0.822. The van der Waals surface area contributed by atoms with Gasteiger partial charge in [0.05, 0.1) is 6.54 Å². The van der Waals surface area contributed by atoms with Gasteiger partial charge < -0.3 is 10.5 Å². The lowest BCUT2D eigenvalue weighted by atomic mass is 10.0. The van der Waals surface area contributed by atoms with Crippen LogP contribution in [0.25, 0.3) is 11.4 Å². The SMILES string of the molecule is COCCC1(Cn2nnnc2-c2ccc(F)cc2N)CC1. The van der Waals surface area contributed by atoms with Crippen LogP contribution in [0.3, 0.4) is 0 Å². The smallest absolute Gasteiger partial charge is 0.184 e. The molecule has 1 heterocycles. The number of nitrogens with two attached hydrogens (primary N) is 1. The fraction of sp³-hybridized carbons (Fsp3) is 0.500. The Labute approximate surface area is 122 Å². The molecule has 1 aliphatic carbocycles. The number of nitrogen functional groups attached to an aromatic ring is 1. The van der Waals surface area contributed by atoms with Gasteiger partial charge in [-0.2, -0.15) is 0 Å². The first-order valence-electron chi connectivity index (χ1n) is 6.94. The Balaban J connectivity index is 1.84. The predicted molar refractivity (Wildman–Crippen MR) is 75.8 cm³/mol.